The fourth-order valence-corrected chi connectivity index (χ4v) is 2.58. The fraction of sp³-hybridized carbons (Fsp3) is 0.263. The minimum Gasteiger partial charge on any atom is -0.354 e. The predicted molar refractivity (Wildman–Crippen MR) is 103 cm³/mol. The molecule has 2 rings (SSSR count). The number of rotatable bonds is 9. The van der Waals surface area contributed by atoms with Crippen molar-refractivity contribution >= 4 is 5.91 Å². The lowest BCUT2D eigenvalue weighted by Gasteiger charge is -2.12. The highest BCUT2D eigenvalue weighted by Gasteiger charge is 2.16. The molecule has 0 bridgehead atoms. The van der Waals surface area contributed by atoms with Crippen molar-refractivity contribution in [1.29, 1.82) is 0 Å². The molecule has 1 aromatic heterocycles. The summed E-state index contributed by atoms with van der Waals surface area (Å²) in [7, 11) is 0. The summed E-state index contributed by atoms with van der Waals surface area (Å²) >= 11 is 0. The zero-order chi connectivity index (χ0) is 19.8. The first kappa shape index (κ1) is 19.9. The zero-order valence-corrected chi connectivity index (χ0v) is 15.0. The van der Waals surface area contributed by atoms with E-state index in [1.165, 1.54) is 12.2 Å². The highest BCUT2D eigenvalue weighted by Crippen LogP contribution is 1.98. The second-order valence-electron chi connectivity index (χ2n) is 5.82. The number of benzene rings is 1. The van der Waals surface area contributed by atoms with Gasteiger partial charge >= 0.3 is 17.1 Å². The Morgan fingerprint density at radius 3 is 1.93 bits per heavy atom. The van der Waals surface area contributed by atoms with Gasteiger partial charge in [-0.3, -0.25) is 4.79 Å². The fourth-order valence-electron chi connectivity index (χ4n) is 2.58. The Morgan fingerprint density at radius 2 is 1.41 bits per heavy atom. The van der Waals surface area contributed by atoms with Gasteiger partial charge in [0.1, 0.15) is 6.54 Å². The maximum Gasteiger partial charge on any atom is 0.337 e. The van der Waals surface area contributed by atoms with Crippen LogP contribution in [0.1, 0.15) is 5.56 Å². The van der Waals surface area contributed by atoms with Crippen LogP contribution in [0.25, 0.3) is 0 Å². The van der Waals surface area contributed by atoms with Crippen molar-refractivity contribution < 1.29 is 4.79 Å². The first-order valence-electron chi connectivity index (χ1n) is 8.46. The maximum absolute atomic E-state index is 12.4. The first-order chi connectivity index (χ1) is 13.0. The zero-order valence-electron chi connectivity index (χ0n) is 15.0. The quantitative estimate of drug-likeness (QED) is 0.624. The van der Waals surface area contributed by atoms with Crippen LogP contribution >= 0.6 is 0 Å². The van der Waals surface area contributed by atoms with Gasteiger partial charge in [-0.1, -0.05) is 42.5 Å². The Kier molecular flexibility index (Phi) is 6.87. The molecule has 0 fully saturated rings. The van der Waals surface area contributed by atoms with E-state index in [1.807, 2.05) is 30.3 Å². The van der Waals surface area contributed by atoms with Gasteiger partial charge in [0.25, 0.3) is 0 Å². The molecular weight excluding hydrogens is 348 g/mol. The Balaban J connectivity index is 2.21. The lowest BCUT2D eigenvalue weighted by Crippen LogP contribution is -2.55. The smallest absolute Gasteiger partial charge is 0.337 e. The van der Waals surface area contributed by atoms with E-state index in [2.05, 4.69) is 18.5 Å². The number of nitrogens with zero attached hydrogens (tertiary/aromatic N) is 3. The van der Waals surface area contributed by atoms with E-state index in [1.54, 1.807) is 0 Å². The van der Waals surface area contributed by atoms with E-state index in [-0.39, 0.29) is 13.1 Å². The topological polar surface area (TPSA) is 95.1 Å². The number of aromatic nitrogens is 3. The number of carbonyl (C=O) groups excluding carboxylic acids is 1. The minimum atomic E-state index is -0.844. The molecule has 0 atom stereocenters. The van der Waals surface area contributed by atoms with Gasteiger partial charge in [0.2, 0.25) is 5.91 Å². The van der Waals surface area contributed by atoms with E-state index in [9.17, 15) is 19.2 Å². The standard InChI is InChI=1S/C19H22N4O4/c1-3-12-21-17(25)22(13-4-2)19(27)23(18(21)26)14-16(24)20-11-10-15-8-6-5-7-9-15/h3-9H,1-2,10-14H2,(H,20,24). The summed E-state index contributed by atoms with van der Waals surface area (Å²) in [6.45, 7) is 6.77. The molecular formula is C19H22N4O4. The van der Waals surface area contributed by atoms with Gasteiger partial charge in [-0.15, -0.1) is 13.2 Å². The Bertz CT molecular complexity index is 951. The average Bonchev–Trinajstić information content (AvgIpc) is 2.67. The summed E-state index contributed by atoms with van der Waals surface area (Å²) in [5, 5.41) is 2.68. The number of hydrogen-bond acceptors (Lipinski definition) is 4. The molecule has 8 heteroatoms. The minimum absolute atomic E-state index is 0.0648. The van der Waals surface area contributed by atoms with E-state index < -0.39 is 29.5 Å². The molecule has 0 aliphatic carbocycles. The predicted octanol–water partition coefficient (Wildman–Crippen LogP) is -0.0974. The van der Waals surface area contributed by atoms with Gasteiger partial charge in [0.15, 0.2) is 0 Å². The number of carbonyl (C=O) groups is 1. The van der Waals surface area contributed by atoms with Gasteiger partial charge in [-0.25, -0.2) is 28.1 Å². The molecule has 142 valence electrons. The van der Waals surface area contributed by atoms with Gasteiger partial charge in [0.05, 0.1) is 13.1 Å². The molecule has 0 radical (unpaired) electrons. The molecule has 0 unspecified atom stereocenters. The van der Waals surface area contributed by atoms with E-state index in [0.29, 0.717) is 13.0 Å². The van der Waals surface area contributed by atoms with Crippen molar-refractivity contribution in [1.82, 2.24) is 19.0 Å². The molecule has 27 heavy (non-hydrogen) atoms. The third-order valence-electron chi connectivity index (χ3n) is 3.89. The first-order valence-corrected chi connectivity index (χ1v) is 8.46. The third kappa shape index (κ3) is 4.81. The highest BCUT2D eigenvalue weighted by molar-refractivity contribution is 5.75. The molecule has 0 spiro atoms. The molecule has 0 saturated carbocycles. The molecule has 1 amide bonds. The van der Waals surface area contributed by atoms with Crippen LogP contribution in [0, 0.1) is 0 Å². The van der Waals surface area contributed by atoms with Gasteiger partial charge in [0, 0.05) is 6.54 Å². The lowest BCUT2D eigenvalue weighted by molar-refractivity contribution is -0.121. The summed E-state index contributed by atoms with van der Waals surface area (Å²) in [6.07, 6.45) is 3.36. The van der Waals surface area contributed by atoms with Gasteiger partial charge in [-0.05, 0) is 12.0 Å². The number of amides is 1. The van der Waals surface area contributed by atoms with Crippen LogP contribution in [0.4, 0.5) is 0 Å². The van der Waals surface area contributed by atoms with Crippen molar-refractivity contribution in [2.75, 3.05) is 6.54 Å². The number of allylic oxidation sites excluding steroid dienone is 2. The lowest BCUT2D eigenvalue weighted by atomic mass is 10.1. The van der Waals surface area contributed by atoms with Crippen LogP contribution < -0.4 is 22.4 Å². The number of nitrogens with one attached hydrogen (secondary N) is 1. The van der Waals surface area contributed by atoms with Crippen LogP contribution in [0.2, 0.25) is 0 Å². The van der Waals surface area contributed by atoms with Crippen molar-refractivity contribution in [3.8, 4) is 0 Å². The summed E-state index contributed by atoms with van der Waals surface area (Å²) in [6, 6.07) is 9.59. The summed E-state index contributed by atoms with van der Waals surface area (Å²) < 4.78 is 2.45. The van der Waals surface area contributed by atoms with E-state index in [0.717, 1.165) is 19.3 Å². The molecule has 2 aromatic rings. The SMILES string of the molecule is C=CCn1c(=O)n(CC=C)c(=O)n(CC(=O)NCCc2ccccc2)c1=O. The van der Waals surface area contributed by atoms with Crippen molar-refractivity contribution in [2.45, 2.75) is 26.1 Å². The molecule has 0 aliphatic heterocycles. The molecule has 0 saturated heterocycles. The molecule has 1 N–H and O–H groups in total. The molecule has 8 nitrogen and oxygen atoms in total. The summed E-state index contributed by atoms with van der Waals surface area (Å²) in [5.74, 6) is -0.487. The largest absolute Gasteiger partial charge is 0.354 e. The Hall–Kier alpha value is -3.42. The molecule has 0 aliphatic rings. The Labute approximate surface area is 155 Å². The van der Waals surface area contributed by atoms with Crippen molar-refractivity contribution in [2.24, 2.45) is 0 Å². The van der Waals surface area contributed by atoms with Crippen molar-refractivity contribution in [3.63, 3.8) is 0 Å². The number of hydrogen-bond donors (Lipinski definition) is 1. The van der Waals surface area contributed by atoms with Crippen molar-refractivity contribution in [3.05, 3.63) is 92.7 Å². The van der Waals surface area contributed by atoms with Crippen LogP contribution in [-0.2, 0) is 30.8 Å². The summed E-state index contributed by atoms with van der Waals surface area (Å²) in [4.78, 5) is 49.4. The van der Waals surface area contributed by atoms with Gasteiger partial charge < -0.3 is 5.32 Å². The summed E-state index contributed by atoms with van der Waals surface area (Å²) in [5.41, 5.74) is -1.39. The second-order valence-corrected chi connectivity index (χ2v) is 5.82. The van der Waals surface area contributed by atoms with E-state index in [4.69, 9.17) is 0 Å². The van der Waals surface area contributed by atoms with Crippen LogP contribution in [-0.4, -0.2) is 26.2 Å². The second kappa shape index (κ2) is 9.33. The normalized spacial score (nSPS) is 10.4. The maximum atomic E-state index is 12.4. The third-order valence-corrected chi connectivity index (χ3v) is 3.89. The monoisotopic (exact) mass is 370 g/mol. The molecule has 1 aromatic carbocycles. The van der Waals surface area contributed by atoms with Crippen LogP contribution in [0.5, 0.6) is 0 Å². The van der Waals surface area contributed by atoms with Gasteiger partial charge in [-0.2, -0.15) is 0 Å². The van der Waals surface area contributed by atoms with Crippen LogP contribution in [0.3, 0.4) is 0 Å². The average molecular weight is 370 g/mol. The van der Waals surface area contributed by atoms with Crippen LogP contribution in [0.15, 0.2) is 70.0 Å². The highest BCUT2D eigenvalue weighted by atomic mass is 16.2. The molecule has 1 heterocycles. The Morgan fingerprint density at radius 1 is 0.889 bits per heavy atom. The van der Waals surface area contributed by atoms with E-state index >= 15 is 0 Å².